The molecular weight excluding hydrogens is 326 g/mol. The molecule has 0 aliphatic rings. The lowest BCUT2D eigenvalue weighted by Gasteiger charge is -2.08. The van der Waals surface area contributed by atoms with Crippen molar-refractivity contribution in [3.05, 3.63) is 63.2 Å². The molecule has 8 nitrogen and oxygen atoms in total. The summed E-state index contributed by atoms with van der Waals surface area (Å²) in [6.07, 6.45) is 1.33. The molecule has 1 N–H and O–H groups in total. The molecule has 0 radical (unpaired) electrons. The van der Waals surface area contributed by atoms with Gasteiger partial charge in [0.15, 0.2) is 0 Å². The maximum absolute atomic E-state index is 12.2. The highest BCUT2D eigenvalue weighted by Gasteiger charge is 2.13. The number of benzene rings is 2. The molecule has 0 unspecified atom stereocenters. The number of carbonyl (C=O) groups is 1. The van der Waals surface area contributed by atoms with Gasteiger partial charge in [-0.3, -0.25) is 14.9 Å². The Labute approximate surface area is 144 Å². The molecular formula is C17H17N3O5. The van der Waals surface area contributed by atoms with Gasteiger partial charge in [0.05, 0.1) is 30.9 Å². The van der Waals surface area contributed by atoms with Crippen molar-refractivity contribution in [3.63, 3.8) is 0 Å². The summed E-state index contributed by atoms with van der Waals surface area (Å²) in [5, 5.41) is 14.8. The molecule has 1 amide bonds. The third-order valence-electron chi connectivity index (χ3n) is 3.46. The Kier molecular flexibility index (Phi) is 5.67. The monoisotopic (exact) mass is 343 g/mol. The number of ether oxygens (including phenoxy) is 2. The van der Waals surface area contributed by atoms with Gasteiger partial charge in [-0.25, -0.2) is 5.43 Å². The third-order valence-corrected chi connectivity index (χ3v) is 3.46. The smallest absolute Gasteiger partial charge is 0.275 e. The Morgan fingerprint density at radius 1 is 1.20 bits per heavy atom. The second kappa shape index (κ2) is 7.91. The van der Waals surface area contributed by atoms with E-state index in [-0.39, 0.29) is 11.3 Å². The number of hydrogen-bond donors (Lipinski definition) is 1. The summed E-state index contributed by atoms with van der Waals surface area (Å²) in [6, 6.07) is 9.45. The number of rotatable bonds is 6. The van der Waals surface area contributed by atoms with Crippen LogP contribution in [0.3, 0.4) is 0 Å². The van der Waals surface area contributed by atoms with E-state index in [2.05, 4.69) is 10.5 Å². The van der Waals surface area contributed by atoms with E-state index in [4.69, 9.17) is 9.47 Å². The van der Waals surface area contributed by atoms with Crippen LogP contribution >= 0.6 is 0 Å². The van der Waals surface area contributed by atoms with Crippen LogP contribution in [0.5, 0.6) is 11.5 Å². The molecule has 0 fully saturated rings. The highest BCUT2D eigenvalue weighted by Crippen LogP contribution is 2.24. The number of amides is 1. The van der Waals surface area contributed by atoms with Crippen LogP contribution < -0.4 is 14.9 Å². The van der Waals surface area contributed by atoms with E-state index >= 15 is 0 Å². The SMILES string of the molecule is COc1ccc(C(=O)NN=Cc2ccc(C)c([N+](=O)[O-])c2)c(OC)c1. The topological polar surface area (TPSA) is 103 Å². The van der Waals surface area contributed by atoms with Crippen molar-refractivity contribution >= 4 is 17.8 Å². The van der Waals surface area contributed by atoms with Gasteiger partial charge >= 0.3 is 0 Å². The van der Waals surface area contributed by atoms with Crippen molar-refractivity contribution in [1.82, 2.24) is 5.43 Å². The lowest BCUT2D eigenvalue weighted by atomic mass is 10.1. The Bertz CT molecular complexity index is 833. The van der Waals surface area contributed by atoms with Crippen LogP contribution in [0.15, 0.2) is 41.5 Å². The van der Waals surface area contributed by atoms with Crippen molar-refractivity contribution in [2.24, 2.45) is 5.10 Å². The number of nitrogens with one attached hydrogen (secondary N) is 1. The molecule has 0 aliphatic carbocycles. The van der Waals surface area contributed by atoms with Gasteiger partial charge in [0, 0.05) is 23.3 Å². The number of hydrazone groups is 1. The van der Waals surface area contributed by atoms with E-state index < -0.39 is 10.8 Å². The highest BCUT2D eigenvalue weighted by molar-refractivity contribution is 5.97. The number of hydrogen-bond acceptors (Lipinski definition) is 6. The summed E-state index contributed by atoms with van der Waals surface area (Å²) < 4.78 is 10.2. The second-order valence-electron chi connectivity index (χ2n) is 5.07. The third kappa shape index (κ3) is 4.31. The van der Waals surface area contributed by atoms with E-state index in [1.807, 2.05) is 0 Å². The van der Waals surface area contributed by atoms with Gasteiger partial charge in [-0.1, -0.05) is 12.1 Å². The minimum Gasteiger partial charge on any atom is -0.497 e. The molecule has 2 aromatic carbocycles. The molecule has 0 bridgehead atoms. The fourth-order valence-corrected chi connectivity index (χ4v) is 2.12. The number of nitro benzene ring substituents is 1. The molecule has 0 aromatic heterocycles. The Balaban J connectivity index is 2.13. The van der Waals surface area contributed by atoms with E-state index in [0.29, 0.717) is 22.6 Å². The Hall–Kier alpha value is -3.42. The first-order chi connectivity index (χ1) is 12.0. The first-order valence-electron chi connectivity index (χ1n) is 7.26. The van der Waals surface area contributed by atoms with Crippen LogP contribution in [0.4, 0.5) is 5.69 Å². The van der Waals surface area contributed by atoms with Gasteiger partial charge in [0.2, 0.25) is 0 Å². The second-order valence-corrected chi connectivity index (χ2v) is 5.07. The summed E-state index contributed by atoms with van der Waals surface area (Å²) >= 11 is 0. The van der Waals surface area contributed by atoms with E-state index in [9.17, 15) is 14.9 Å². The highest BCUT2D eigenvalue weighted by atomic mass is 16.6. The quantitative estimate of drug-likeness (QED) is 0.493. The van der Waals surface area contributed by atoms with E-state index in [1.165, 1.54) is 26.5 Å². The summed E-state index contributed by atoms with van der Waals surface area (Å²) in [5.74, 6) is 0.430. The van der Waals surface area contributed by atoms with Crippen LogP contribution in [0.1, 0.15) is 21.5 Å². The molecule has 0 saturated carbocycles. The number of nitro groups is 1. The average molecular weight is 343 g/mol. The molecule has 25 heavy (non-hydrogen) atoms. The Morgan fingerprint density at radius 2 is 1.96 bits per heavy atom. The van der Waals surface area contributed by atoms with E-state index in [0.717, 1.165) is 0 Å². The van der Waals surface area contributed by atoms with Gasteiger partial charge in [0.1, 0.15) is 11.5 Å². The molecule has 130 valence electrons. The number of aryl methyl sites for hydroxylation is 1. The summed E-state index contributed by atoms with van der Waals surface area (Å²) in [7, 11) is 2.96. The zero-order chi connectivity index (χ0) is 18.4. The van der Waals surface area contributed by atoms with Crippen molar-refractivity contribution in [2.75, 3.05) is 14.2 Å². The largest absolute Gasteiger partial charge is 0.497 e. The maximum atomic E-state index is 12.2. The van der Waals surface area contributed by atoms with Crippen molar-refractivity contribution in [1.29, 1.82) is 0 Å². The van der Waals surface area contributed by atoms with Gasteiger partial charge in [-0.05, 0) is 19.1 Å². The average Bonchev–Trinajstić information content (AvgIpc) is 2.62. The molecule has 0 spiro atoms. The van der Waals surface area contributed by atoms with Crippen LogP contribution in [0.2, 0.25) is 0 Å². The fraction of sp³-hybridized carbons (Fsp3) is 0.176. The molecule has 2 rings (SSSR count). The molecule has 0 heterocycles. The lowest BCUT2D eigenvalue weighted by molar-refractivity contribution is -0.385. The molecule has 0 atom stereocenters. The number of nitrogens with zero attached hydrogens (tertiary/aromatic N) is 2. The van der Waals surface area contributed by atoms with Gasteiger partial charge < -0.3 is 9.47 Å². The maximum Gasteiger partial charge on any atom is 0.275 e. The van der Waals surface area contributed by atoms with Gasteiger partial charge in [-0.2, -0.15) is 5.10 Å². The van der Waals surface area contributed by atoms with Crippen molar-refractivity contribution in [3.8, 4) is 11.5 Å². The minimum atomic E-state index is -0.475. The van der Waals surface area contributed by atoms with Crippen LogP contribution in [0.25, 0.3) is 0 Å². The molecule has 8 heteroatoms. The van der Waals surface area contributed by atoms with E-state index in [1.54, 1.807) is 37.3 Å². The minimum absolute atomic E-state index is 0.00731. The standard InChI is InChI=1S/C17H17N3O5/c1-11-4-5-12(8-15(11)20(22)23)10-18-19-17(21)14-7-6-13(24-2)9-16(14)25-3/h4-10H,1-3H3,(H,19,21). The molecule has 0 saturated heterocycles. The van der Waals surface area contributed by atoms with Gasteiger partial charge in [0.25, 0.3) is 11.6 Å². The zero-order valence-electron chi connectivity index (χ0n) is 14.0. The summed E-state index contributed by atoms with van der Waals surface area (Å²) in [4.78, 5) is 22.7. The fourth-order valence-electron chi connectivity index (χ4n) is 2.12. The predicted octanol–water partition coefficient (Wildman–Crippen LogP) is 2.68. The van der Waals surface area contributed by atoms with Crippen LogP contribution in [-0.4, -0.2) is 31.3 Å². The van der Waals surface area contributed by atoms with Crippen LogP contribution in [-0.2, 0) is 0 Å². The van der Waals surface area contributed by atoms with Gasteiger partial charge in [-0.15, -0.1) is 0 Å². The summed E-state index contributed by atoms with van der Waals surface area (Å²) in [6.45, 7) is 1.65. The first-order valence-corrected chi connectivity index (χ1v) is 7.26. The van der Waals surface area contributed by atoms with Crippen molar-refractivity contribution in [2.45, 2.75) is 6.92 Å². The lowest BCUT2D eigenvalue weighted by Crippen LogP contribution is -2.18. The number of carbonyl (C=O) groups excluding carboxylic acids is 1. The Morgan fingerprint density at radius 3 is 2.60 bits per heavy atom. The van der Waals surface area contributed by atoms with Crippen LogP contribution in [0, 0.1) is 17.0 Å². The molecule has 2 aromatic rings. The zero-order valence-corrected chi connectivity index (χ0v) is 14.0. The first kappa shape index (κ1) is 17.9. The number of methoxy groups -OCH3 is 2. The predicted molar refractivity (Wildman–Crippen MR) is 92.4 cm³/mol. The molecule has 0 aliphatic heterocycles. The normalized spacial score (nSPS) is 10.5. The van der Waals surface area contributed by atoms with Crippen molar-refractivity contribution < 1.29 is 19.2 Å². The summed E-state index contributed by atoms with van der Waals surface area (Å²) in [5.41, 5.74) is 3.69.